The zero-order chi connectivity index (χ0) is 15.5. The highest BCUT2D eigenvalue weighted by molar-refractivity contribution is 7.92. The highest BCUT2D eigenvalue weighted by Crippen LogP contribution is 2.14. The number of nitrogens with one attached hydrogen (secondary N) is 1. The first kappa shape index (κ1) is 14.9. The van der Waals surface area contributed by atoms with E-state index >= 15 is 0 Å². The van der Waals surface area contributed by atoms with E-state index in [4.69, 9.17) is 0 Å². The molecule has 0 saturated carbocycles. The second kappa shape index (κ2) is 5.88. The number of benzene rings is 1. The van der Waals surface area contributed by atoms with Crippen molar-refractivity contribution in [1.29, 1.82) is 0 Å². The minimum absolute atomic E-state index is 0.00838. The van der Waals surface area contributed by atoms with E-state index in [9.17, 15) is 13.2 Å². The van der Waals surface area contributed by atoms with Gasteiger partial charge in [0.25, 0.3) is 15.9 Å². The molecule has 0 radical (unpaired) electrons. The van der Waals surface area contributed by atoms with Gasteiger partial charge in [-0.25, -0.2) is 23.1 Å². The molecule has 0 aliphatic rings. The van der Waals surface area contributed by atoms with Crippen molar-refractivity contribution >= 4 is 21.9 Å². The number of aromatic nitrogens is 2. The highest BCUT2D eigenvalue weighted by atomic mass is 32.2. The van der Waals surface area contributed by atoms with Crippen LogP contribution >= 0.6 is 0 Å². The summed E-state index contributed by atoms with van der Waals surface area (Å²) in [5, 5.41) is 0. The number of anilines is 1. The van der Waals surface area contributed by atoms with Gasteiger partial charge in [0.05, 0.1) is 4.90 Å². The Morgan fingerprint density at radius 2 is 1.67 bits per heavy atom. The summed E-state index contributed by atoms with van der Waals surface area (Å²) in [5.41, 5.74) is 0.412. The van der Waals surface area contributed by atoms with Crippen molar-refractivity contribution < 1.29 is 13.2 Å². The summed E-state index contributed by atoms with van der Waals surface area (Å²) in [6.07, 6.45) is 2.87. The molecule has 1 aromatic heterocycles. The zero-order valence-electron chi connectivity index (χ0n) is 11.5. The van der Waals surface area contributed by atoms with Gasteiger partial charge in [-0.15, -0.1) is 0 Å². The predicted molar refractivity (Wildman–Crippen MR) is 77.3 cm³/mol. The first-order valence-electron chi connectivity index (χ1n) is 6.02. The van der Waals surface area contributed by atoms with Crippen LogP contribution in [0.25, 0.3) is 0 Å². The average Bonchev–Trinajstić information content (AvgIpc) is 2.47. The molecule has 0 saturated heterocycles. The number of hydrogen-bond donors (Lipinski definition) is 1. The van der Waals surface area contributed by atoms with Gasteiger partial charge in [0.1, 0.15) is 0 Å². The van der Waals surface area contributed by atoms with Crippen molar-refractivity contribution in [2.75, 3.05) is 18.8 Å². The van der Waals surface area contributed by atoms with Crippen molar-refractivity contribution in [3.8, 4) is 0 Å². The Bertz CT molecular complexity index is 728. The monoisotopic (exact) mass is 306 g/mol. The van der Waals surface area contributed by atoms with Crippen LogP contribution in [-0.2, 0) is 10.0 Å². The highest BCUT2D eigenvalue weighted by Gasteiger charge is 2.16. The Morgan fingerprint density at radius 3 is 2.19 bits per heavy atom. The van der Waals surface area contributed by atoms with Crippen LogP contribution in [-0.4, -0.2) is 43.3 Å². The maximum absolute atomic E-state index is 12.1. The van der Waals surface area contributed by atoms with Gasteiger partial charge in [0.2, 0.25) is 5.95 Å². The Hall–Kier alpha value is -2.48. The van der Waals surface area contributed by atoms with E-state index in [0.717, 1.165) is 0 Å². The molecular formula is C13H14N4O3S. The number of sulfonamides is 1. The molecule has 7 nitrogen and oxygen atoms in total. The van der Waals surface area contributed by atoms with Crippen LogP contribution in [0.2, 0.25) is 0 Å². The third-order valence-electron chi connectivity index (χ3n) is 2.61. The predicted octanol–water partition coefficient (Wildman–Crippen LogP) is 0.979. The number of rotatable bonds is 4. The van der Waals surface area contributed by atoms with Crippen molar-refractivity contribution in [2.24, 2.45) is 0 Å². The quantitative estimate of drug-likeness (QED) is 0.909. The summed E-state index contributed by atoms with van der Waals surface area (Å²) in [4.78, 5) is 20.8. The minimum Gasteiger partial charge on any atom is -0.345 e. The van der Waals surface area contributed by atoms with E-state index in [2.05, 4.69) is 14.7 Å². The van der Waals surface area contributed by atoms with E-state index < -0.39 is 10.0 Å². The summed E-state index contributed by atoms with van der Waals surface area (Å²) in [7, 11) is -0.523. The smallest absolute Gasteiger partial charge is 0.264 e. The molecule has 0 atom stereocenters. The fourth-order valence-electron chi connectivity index (χ4n) is 1.57. The van der Waals surface area contributed by atoms with Crippen LogP contribution in [0.4, 0.5) is 5.95 Å². The molecule has 0 unspecified atom stereocenters. The van der Waals surface area contributed by atoms with Crippen LogP contribution in [0.5, 0.6) is 0 Å². The summed E-state index contributed by atoms with van der Waals surface area (Å²) in [6.45, 7) is 0. The standard InChI is InChI=1S/C13H14N4O3S/c1-17(2)12(18)10-4-6-11(7-5-10)21(19,20)16-13-14-8-3-9-15-13/h3-9H,1-2H3,(H,14,15,16). The number of amides is 1. The molecule has 0 spiro atoms. The van der Waals surface area contributed by atoms with Crippen LogP contribution in [0.1, 0.15) is 10.4 Å². The first-order valence-corrected chi connectivity index (χ1v) is 7.50. The molecule has 110 valence electrons. The average molecular weight is 306 g/mol. The minimum atomic E-state index is -3.78. The normalized spacial score (nSPS) is 11.0. The molecule has 1 N–H and O–H groups in total. The Kier molecular flexibility index (Phi) is 4.18. The largest absolute Gasteiger partial charge is 0.345 e. The maximum Gasteiger partial charge on any atom is 0.264 e. The van der Waals surface area contributed by atoms with Crippen molar-refractivity contribution in [2.45, 2.75) is 4.90 Å². The lowest BCUT2D eigenvalue weighted by Crippen LogP contribution is -2.21. The third kappa shape index (κ3) is 3.54. The maximum atomic E-state index is 12.1. The number of carbonyl (C=O) groups is 1. The molecule has 8 heteroatoms. The SMILES string of the molecule is CN(C)C(=O)c1ccc(S(=O)(=O)Nc2ncccn2)cc1. The Morgan fingerprint density at radius 1 is 1.10 bits per heavy atom. The van der Waals surface area contributed by atoms with Gasteiger partial charge < -0.3 is 4.90 Å². The van der Waals surface area contributed by atoms with Gasteiger partial charge in [-0.05, 0) is 30.3 Å². The van der Waals surface area contributed by atoms with Gasteiger partial charge in [0, 0.05) is 32.1 Å². The van der Waals surface area contributed by atoms with Gasteiger partial charge >= 0.3 is 0 Å². The van der Waals surface area contributed by atoms with Crippen LogP contribution in [0.15, 0.2) is 47.6 Å². The fourth-order valence-corrected chi connectivity index (χ4v) is 2.52. The second-order valence-electron chi connectivity index (χ2n) is 4.40. The number of carbonyl (C=O) groups excluding carboxylic acids is 1. The van der Waals surface area contributed by atoms with Gasteiger partial charge in [-0.3, -0.25) is 4.79 Å². The third-order valence-corrected chi connectivity index (χ3v) is 3.95. The second-order valence-corrected chi connectivity index (χ2v) is 6.08. The molecule has 0 aliphatic heterocycles. The summed E-state index contributed by atoms with van der Waals surface area (Å²) >= 11 is 0. The van der Waals surface area contributed by atoms with E-state index in [0.29, 0.717) is 5.56 Å². The lowest BCUT2D eigenvalue weighted by Gasteiger charge is -2.11. The fraction of sp³-hybridized carbons (Fsp3) is 0.154. The zero-order valence-corrected chi connectivity index (χ0v) is 12.3. The first-order chi connectivity index (χ1) is 9.90. The Balaban J connectivity index is 2.23. The molecule has 2 rings (SSSR count). The van der Waals surface area contributed by atoms with Gasteiger partial charge in [-0.2, -0.15) is 0 Å². The molecular weight excluding hydrogens is 292 g/mol. The topological polar surface area (TPSA) is 92.3 Å². The van der Waals surface area contributed by atoms with E-state index in [1.54, 1.807) is 20.2 Å². The number of hydrogen-bond acceptors (Lipinski definition) is 5. The van der Waals surface area contributed by atoms with Crippen molar-refractivity contribution in [3.63, 3.8) is 0 Å². The van der Waals surface area contributed by atoms with Gasteiger partial charge in [-0.1, -0.05) is 0 Å². The van der Waals surface area contributed by atoms with E-state index in [1.165, 1.54) is 41.6 Å². The van der Waals surface area contributed by atoms with Crippen LogP contribution < -0.4 is 4.72 Å². The summed E-state index contributed by atoms with van der Waals surface area (Å²) in [6, 6.07) is 7.23. The molecule has 1 heterocycles. The van der Waals surface area contributed by atoms with E-state index in [1.807, 2.05) is 0 Å². The number of nitrogens with zero attached hydrogens (tertiary/aromatic N) is 3. The molecule has 0 fully saturated rings. The summed E-state index contributed by atoms with van der Waals surface area (Å²) in [5.74, 6) is -0.204. The molecule has 0 aliphatic carbocycles. The van der Waals surface area contributed by atoms with Crippen LogP contribution in [0, 0.1) is 0 Å². The molecule has 0 bridgehead atoms. The van der Waals surface area contributed by atoms with E-state index in [-0.39, 0.29) is 16.8 Å². The van der Waals surface area contributed by atoms with Gasteiger partial charge in [0.15, 0.2) is 0 Å². The van der Waals surface area contributed by atoms with Crippen molar-refractivity contribution in [3.05, 3.63) is 48.3 Å². The summed E-state index contributed by atoms with van der Waals surface area (Å²) < 4.78 is 26.5. The molecule has 1 amide bonds. The van der Waals surface area contributed by atoms with Crippen LogP contribution in [0.3, 0.4) is 0 Å². The molecule has 21 heavy (non-hydrogen) atoms. The van der Waals surface area contributed by atoms with Crippen molar-refractivity contribution in [1.82, 2.24) is 14.9 Å². The Labute approximate surface area is 122 Å². The lowest BCUT2D eigenvalue weighted by molar-refractivity contribution is 0.0827. The lowest BCUT2D eigenvalue weighted by atomic mass is 10.2. The molecule has 1 aromatic carbocycles. The molecule has 2 aromatic rings.